The van der Waals surface area contributed by atoms with Gasteiger partial charge in [0.1, 0.15) is 17.3 Å². The van der Waals surface area contributed by atoms with Crippen molar-refractivity contribution in [1.82, 2.24) is 10.9 Å². The van der Waals surface area contributed by atoms with Gasteiger partial charge in [0, 0.05) is 11.3 Å². The molecule has 2 aromatic carbocycles. The van der Waals surface area contributed by atoms with Gasteiger partial charge >= 0.3 is 0 Å². The van der Waals surface area contributed by atoms with Gasteiger partial charge in [-0.1, -0.05) is 6.07 Å². The van der Waals surface area contributed by atoms with Gasteiger partial charge in [0.05, 0.1) is 17.1 Å². The van der Waals surface area contributed by atoms with E-state index in [9.17, 15) is 18.0 Å². The lowest BCUT2D eigenvalue weighted by Gasteiger charge is -2.11. The van der Waals surface area contributed by atoms with Crippen molar-refractivity contribution in [3.05, 3.63) is 77.2 Å². The number of hydrazine groups is 1. The Balaban J connectivity index is 1.68. The number of carbonyl (C=O) groups excluding carboxylic acids is 2. The molecule has 0 spiro atoms. The maximum Gasteiger partial charge on any atom is 0.273 e. The molecule has 0 aliphatic rings. The molecule has 1 aromatic heterocycles. The Morgan fingerprint density at radius 3 is 2.28 bits per heavy atom. The molecule has 0 radical (unpaired) electrons. The molecule has 10 heteroatoms. The second-order valence-corrected chi connectivity index (χ2v) is 8.51. The number of rotatable bonds is 7. The summed E-state index contributed by atoms with van der Waals surface area (Å²) in [6.45, 7) is 5.69. The third kappa shape index (κ3) is 5.46. The van der Waals surface area contributed by atoms with E-state index in [0.29, 0.717) is 35.1 Å². The van der Waals surface area contributed by atoms with Crippen molar-refractivity contribution in [3.8, 4) is 5.75 Å². The lowest BCUT2D eigenvalue weighted by Crippen LogP contribution is -2.41. The molecule has 3 aromatic rings. The molecule has 0 saturated heterocycles. The second kappa shape index (κ2) is 9.56. The zero-order valence-electron chi connectivity index (χ0n) is 17.8. The van der Waals surface area contributed by atoms with Crippen LogP contribution in [0.2, 0.25) is 0 Å². The van der Waals surface area contributed by atoms with Crippen LogP contribution in [0.5, 0.6) is 5.75 Å². The Bertz CT molecular complexity index is 1230. The average Bonchev–Trinajstić information content (AvgIpc) is 3.11. The first kappa shape index (κ1) is 22.9. The van der Waals surface area contributed by atoms with E-state index >= 15 is 0 Å². The fourth-order valence-electron chi connectivity index (χ4n) is 2.91. The third-order valence-electron chi connectivity index (χ3n) is 4.40. The van der Waals surface area contributed by atoms with Gasteiger partial charge in [-0.25, -0.2) is 8.42 Å². The Morgan fingerprint density at radius 1 is 0.969 bits per heavy atom. The van der Waals surface area contributed by atoms with Crippen LogP contribution in [0.25, 0.3) is 0 Å². The molecule has 3 rings (SSSR count). The minimum absolute atomic E-state index is 0.0555. The predicted molar refractivity (Wildman–Crippen MR) is 118 cm³/mol. The number of aryl methyl sites for hydroxylation is 2. The first-order valence-electron chi connectivity index (χ1n) is 9.73. The quantitative estimate of drug-likeness (QED) is 0.468. The first-order valence-corrected chi connectivity index (χ1v) is 11.2. The summed E-state index contributed by atoms with van der Waals surface area (Å²) in [6.07, 6.45) is 0. The van der Waals surface area contributed by atoms with E-state index in [0.717, 1.165) is 0 Å². The fraction of sp³-hybridized carbons (Fsp3) is 0.182. The van der Waals surface area contributed by atoms with Gasteiger partial charge in [0.25, 0.3) is 21.8 Å². The normalized spacial score (nSPS) is 11.0. The molecule has 1 heterocycles. The molecule has 0 unspecified atom stereocenters. The van der Waals surface area contributed by atoms with Crippen molar-refractivity contribution in [2.45, 2.75) is 25.7 Å². The van der Waals surface area contributed by atoms with Crippen LogP contribution in [0.1, 0.15) is 39.2 Å². The van der Waals surface area contributed by atoms with Gasteiger partial charge < -0.3 is 9.15 Å². The summed E-state index contributed by atoms with van der Waals surface area (Å²) in [5.74, 6) is 0.388. The SMILES string of the molecule is CCOc1ccc(NS(=O)(=O)c2cccc(C(=O)NNC(=O)c3cc(C)oc3C)c2)cc1. The van der Waals surface area contributed by atoms with Gasteiger partial charge in [0.15, 0.2) is 0 Å². The molecule has 9 nitrogen and oxygen atoms in total. The summed E-state index contributed by atoms with van der Waals surface area (Å²) in [5.41, 5.74) is 5.25. The number of benzene rings is 2. The van der Waals surface area contributed by atoms with Crippen molar-refractivity contribution in [3.63, 3.8) is 0 Å². The number of amides is 2. The van der Waals surface area contributed by atoms with Gasteiger partial charge in [0.2, 0.25) is 0 Å². The molecule has 0 saturated carbocycles. The Hall–Kier alpha value is -3.79. The van der Waals surface area contributed by atoms with Crippen LogP contribution in [-0.2, 0) is 10.0 Å². The van der Waals surface area contributed by atoms with Crippen molar-refractivity contribution in [2.24, 2.45) is 0 Å². The smallest absolute Gasteiger partial charge is 0.273 e. The number of sulfonamides is 1. The van der Waals surface area contributed by atoms with Crippen LogP contribution in [-0.4, -0.2) is 26.8 Å². The number of hydrogen-bond acceptors (Lipinski definition) is 6. The van der Waals surface area contributed by atoms with Crippen LogP contribution in [0.4, 0.5) is 5.69 Å². The third-order valence-corrected chi connectivity index (χ3v) is 5.78. The van der Waals surface area contributed by atoms with E-state index in [1.807, 2.05) is 6.92 Å². The molecule has 0 aliphatic heterocycles. The maximum absolute atomic E-state index is 12.7. The summed E-state index contributed by atoms with van der Waals surface area (Å²) in [6, 6.07) is 13.5. The fourth-order valence-corrected chi connectivity index (χ4v) is 4.02. The summed E-state index contributed by atoms with van der Waals surface area (Å²) in [5, 5.41) is 0. The molecule has 2 amide bonds. The number of ether oxygens (including phenoxy) is 1. The minimum atomic E-state index is -3.94. The van der Waals surface area contributed by atoms with Gasteiger partial charge in [-0.05, 0) is 69.3 Å². The number of furan rings is 1. The van der Waals surface area contributed by atoms with Crippen LogP contribution >= 0.6 is 0 Å². The zero-order valence-corrected chi connectivity index (χ0v) is 18.6. The monoisotopic (exact) mass is 457 g/mol. The highest BCUT2D eigenvalue weighted by Crippen LogP contribution is 2.20. The molecular weight excluding hydrogens is 434 g/mol. The van der Waals surface area contributed by atoms with Crippen LogP contribution in [0, 0.1) is 13.8 Å². The average molecular weight is 458 g/mol. The molecule has 0 aliphatic carbocycles. The van der Waals surface area contributed by atoms with Gasteiger partial charge in [-0.15, -0.1) is 0 Å². The van der Waals surface area contributed by atoms with Gasteiger partial charge in [-0.2, -0.15) is 0 Å². The Morgan fingerprint density at radius 2 is 1.66 bits per heavy atom. The molecule has 3 N–H and O–H groups in total. The standard InChI is InChI=1S/C22H23N3O6S/c1-4-30-18-10-8-17(9-11-18)25-32(28,29)19-7-5-6-16(13-19)21(26)23-24-22(27)20-12-14(2)31-15(20)3/h5-13,25H,4H2,1-3H3,(H,23,26)(H,24,27). The van der Waals surface area contributed by atoms with E-state index < -0.39 is 21.8 Å². The number of carbonyl (C=O) groups is 2. The summed E-state index contributed by atoms with van der Waals surface area (Å²) >= 11 is 0. The molecule has 32 heavy (non-hydrogen) atoms. The van der Waals surface area contributed by atoms with Crippen molar-refractivity contribution >= 4 is 27.5 Å². The van der Waals surface area contributed by atoms with E-state index in [-0.39, 0.29) is 10.5 Å². The van der Waals surface area contributed by atoms with Crippen molar-refractivity contribution < 1.29 is 27.2 Å². The van der Waals surface area contributed by atoms with Crippen LogP contribution in [0.3, 0.4) is 0 Å². The Labute approximate surface area is 185 Å². The van der Waals surface area contributed by atoms with Crippen LogP contribution < -0.4 is 20.3 Å². The lowest BCUT2D eigenvalue weighted by atomic mass is 10.2. The van der Waals surface area contributed by atoms with Crippen molar-refractivity contribution in [2.75, 3.05) is 11.3 Å². The highest BCUT2D eigenvalue weighted by atomic mass is 32.2. The first-order chi connectivity index (χ1) is 15.2. The number of hydrogen-bond donors (Lipinski definition) is 3. The van der Waals surface area contributed by atoms with E-state index in [4.69, 9.17) is 9.15 Å². The molecule has 168 valence electrons. The molecular formula is C22H23N3O6S. The lowest BCUT2D eigenvalue weighted by molar-refractivity contribution is 0.0845. The predicted octanol–water partition coefficient (Wildman–Crippen LogP) is 3.17. The minimum Gasteiger partial charge on any atom is -0.494 e. The molecule has 0 atom stereocenters. The summed E-state index contributed by atoms with van der Waals surface area (Å²) < 4.78 is 38.5. The highest BCUT2D eigenvalue weighted by molar-refractivity contribution is 7.92. The maximum atomic E-state index is 12.7. The summed E-state index contributed by atoms with van der Waals surface area (Å²) in [4.78, 5) is 24.5. The molecule has 0 bridgehead atoms. The van der Waals surface area contributed by atoms with E-state index in [2.05, 4.69) is 15.6 Å². The van der Waals surface area contributed by atoms with E-state index in [1.54, 1.807) is 44.2 Å². The summed E-state index contributed by atoms with van der Waals surface area (Å²) in [7, 11) is -3.94. The number of nitrogens with one attached hydrogen (secondary N) is 3. The highest BCUT2D eigenvalue weighted by Gasteiger charge is 2.18. The molecule has 0 fully saturated rings. The van der Waals surface area contributed by atoms with Crippen molar-refractivity contribution in [1.29, 1.82) is 0 Å². The van der Waals surface area contributed by atoms with Crippen LogP contribution in [0.15, 0.2) is 63.9 Å². The largest absolute Gasteiger partial charge is 0.494 e. The second-order valence-electron chi connectivity index (χ2n) is 6.83. The number of anilines is 1. The topological polar surface area (TPSA) is 127 Å². The van der Waals surface area contributed by atoms with E-state index in [1.165, 1.54) is 24.3 Å². The zero-order chi connectivity index (χ0) is 23.3. The van der Waals surface area contributed by atoms with Gasteiger partial charge in [-0.3, -0.25) is 25.2 Å². The Kier molecular flexibility index (Phi) is 6.84.